The summed E-state index contributed by atoms with van der Waals surface area (Å²) in [5, 5.41) is 28.0. The van der Waals surface area contributed by atoms with Crippen LogP contribution < -0.4 is 0 Å². The van der Waals surface area contributed by atoms with Crippen molar-refractivity contribution in [2.24, 2.45) is 0 Å². The van der Waals surface area contributed by atoms with Crippen LogP contribution in [0.2, 0.25) is 0 Å². The van der Waals surface area contributed by atoms with E-state index >= 15 is 0 Å². The molecule has 1 aromatic rings. The highest BCUT2D eigenvalue weighted by atomic mass is 16.3. The van der Waals surface area contributed by atoms with E-state index in [2.05, 4.69) is 0 Å². The lowest BCUT2D eigenvalue weighted by Gasteiger charge is -2.05. The molecule has 0 fully saturated rings. The summed E-state index contributed by atoms with van der Waals surface area (Å²) in [6.45, 7) is 0. The molecule has 1 aliphatic carbocycles. The van der Waals surface area contributed by atoms with Crippen LogP contribution in [-0.2, 0) is 0 Å². The molecular formula is C9H8O4. The van der Waals surface area contributed by atoms with Crippen molar-refractivity contribution in [1.29, 1.82) is 0 Å². The first-order valence-corrected chi connectivity index (χ1v) is 3.87. The van der Waals surface area contributed by atoms with Gasteiger partial charge in [-0.2, -0.15) is 0 Å². The molecule has 4 heteroatoms. The molecule has 0 spiro atoms. The molecule has 0 heterocycles. The van der Waals surface area contributed by atoms with Crippen molar-refractivity contribution in [1.82, 2.24) is 0 Å². The van der Waals surface area contributed by atoms with Gasteiger partial charge in [-0.1, -0.05) is 0 Å². The van der Waals surface area contributed by atoms with Gasteiger partial charge in [-0.25, -0.2) is 0 Å². The lowest BCUT2D eigenvalue weighted by atomic mass is 10.1. The third kappa shape index (κ3) is 0.990. The van der Waals surface area contributed by atoms with Gasteiger partial charge >= 0.3 is 0 Å². The maximum atomic E-state index is 11.2. The molecule has 0 amide bonds. The van der Waals surface area contributed by atoms with Crippen molar-refractivity contribution >= 4 is 5.78 Å². The molecule has 0 radical (unpaired) electrons. The van der Waals surface area contributed by atoms with Gasteiger partial charge in [0.1, 0.15) is 11.5 Å². The van der Waals surface area contributed by atoms with Crippen molar-refractivity contribution < 1.29 is 20.1 Å². The number of ketones is 1. The molecule has 0 aromatic heterocycles. The number of aliphatic hydroxyl groups is 1. The van der Waals surface area contributed by atoms with Crippen LogP contribution in [0.25, 0.3) is 0 Å². The number of fused-ring (bicyclic) bond motifs is 1. The zero-order chi connectivity index (χ0) is 9.59. The molecule has 0 bridgehead atoms. The minimum Gasteiger partial charge on any atom is -0.508 e. The van der Waals surface area contributed by atoms with Crippen LogP contribution in [0.5, 0.6) is 11.5 Å². The summed E-state index contributed by atoms with van der Waals surface area (Å²) >= 11 is 0. The Morgan fingerprint density at radius 2 is 1.85 bits per heavy atom. The van der Waals surface area contributed by atoms with E-state index in [1.165, 1.54) is 12.1 Å². The predicted octanol–water partition coefficient (Wildman–Crippen LogP) is 0.718. The first kappa shape index (κ1) is 8.07. The average molecular weight is 180 g/mol. The second-order valence-corrected chi connectivity index (χ2v) is 3.04. The molecule has 0 saturated carbocycles. The predicted molar refractivity (Wildman–Crippen MR) is 43.7 cm³/mol. The summed E-state index contributed by atoms with van der Waals surface area (Å²) in [7, 11) is 0. The molecule has 0 saturated heterocycles. The summed E-state index contributed by atoms with van der Waals surface area (Å²) in [6.07, 6.45) is -1.06. The first-order valence-electron chi connectivity index (χ1n) is 3.87. The van der Waals surface area contributed by atoms with Crippen molar-refractivity contribution in [3.63, 3.8) is 0 Å². The average Bonchev–Trinajstić information content (AvgIpc) is 2.36. The lowest BCUT2D eigenvalue weighted by molar-refractivity contribution is 0.0928. The largest absolute Gasteiger partial charge is 0.508 e. The molecule has 68 valence electrons. The molecular weight excluding hydrogens is 172 g/mol. The van der Waals surface area contributed by atoms with E-state index in [9.17, 15) is 20.1 Å². The number of hydrogen-bond donors (Lipinski definition) is 3. The third-order valence-corrected chi connectivity index (χ3v) is 2.19. The van der Waals surface area contributed by atoms with Gasteiger partial charge < -0.3 is 15.3 Å². The molecule has 1 aliphatic rings. The molecule has 13 heavy (non-hydrogen) atoms. The molecule has 1 aromatic carbocycles. The number of Topliss-reactive ketones (excluding diaryl/α,β-unsaturated/α-hetero) is 1. The minimum atomic E-state index is -0.991. The fourth-order valence-electron chi connectivity index (χ4n) is 1.61. The number of carbonyl (C=O) groups is 1. The number of aromatic hydroxyl groups is 2. The Morgan fingerprint density at radius 1 is 1.23 bits per heavy atom. The van der Waals surface area contributed by atoms with Gasteiger partial charge in [-0.3, -0.25) is 4.79 Å². The zero-order valence-electron chi connectivity index (χ0n) is 6.69. The topological polar surface area (TPSA) is 77.8 Å². The van der Waals surface area contributed by atoms with E-state index in [-0.39, 0.29) is 34.8 Å². The SMILES string of the molecule is O=C1CC(O)c2c(O)ccc(O)c21. The van der Waals surface area contributed by atoms with E-state index < -0.39 is 6.10 Å². The fraction of sp³-hybridized carbons (Fsp3) is 0.222. The van der Waals surface area contributed by atoms with Crippen molar-refractivity contribution in [3.05, 3.63) is 23.3 Å². The maximum absolute atomic E-state index is 11.2. The molecule has 4 nitrogen and oxygen atoms in total. The smallest absolute Gasteiger partial charge is 0.170 e. The van der Waals surface area contributed by atoms with Gasteiger partial charge in [0, 0.05) is 12.0 Å². The number of benzene rings is 1. The Kier molecular flexibility index (Phi) is 1.53. The number of phenols is 2. The Hall–Kier alpha value is -1.55. The van der Waals surface area contributed by atoms with Gasteiger partial charge in [0.2, 0.25) is 0 Å². The molecule has 1 unspecified atom stereocenters. The summed E-state index contributed by atoms with van der Waals surface area (Å²) in [5.74, 6) is -0.670. The highest BCUT2D eigenvalue weighted by Crippen LogP contribution is 2.41. The Labute approximate surface area is 74.1 Å². The molecule has 0 aliphatic heterocycles. The van der Waals surface area contributed by atoms with Crippen LogP contribution in [0.4, 0.5) is 0 Å². The Bertz CT molecular complexity index is 383. The van der Waals surface area contributed by atoms with E-state index in [1.807, 2.05) is 0 Å². The van der Waals surface area contributed by atoms with E-state index in [1.54, 1.807) is 0 Å². The van der Waals surface area contributed by atoms with Crippen LogP contribution in [0.3, 0.4) is 0 Å². The van der Waals surface area contributed by atoms with Crippen molar-refractivity contribution in [3.8, 4) is 11.5 Å². The Balaban J connectivity index is 2.74. The van der Waals surface area contributed by atoms with E-state index in [4.69, 9.17) is 0 Å². The lowest BCUT2D eigenvalue weighted by Crippen LogP contribution is -1.91. The summed E-state index contributed by atoms with van der Waals surface area (Å²) in [5.41, 5.74) is 0.192. The standard InChI is InChI=1S/C9H8O4/c10-4-1-2-5(11)9-7(13)3-6(12)8(4)9/h1-2,6,10-12H,3H2. The molecule has 2 rings (SSSR count). The zero-order valence-corrected chi connectivity index (χ0v) is 6.69. The van der Waals surface area contributed by atoms with Crippen LogP contribution in [0, 0.1) is 0 Å². The van der Waals surface area contributed by atoms with Gasteiger partial charge in [0.05, 0.1) is 11.7 Å². The van der Waals surface area contributed by atoms with Crippen LogP contribution in [0.1, 0.15) is 28.4 Å². The van der Waals surface area contributed by atoms with Gasteiger partial charge in [-0.15, -0.1) is 0 Å². The highest BCUT2D eigenvalue weighted by molar-refractivity contribution is 6.04. The van der Waals surface area contributed by atoms with Crippen LogP contribution in [0.15, 0.2) is 12.1 Å². The quantitative estimate of drug-likeness (QED) is 0.514. The van der Waals surface area contributed by atoms with E-state index in [0.29, 0.717) is 0 Å². The summed E-state index contributed by atoms with van der Waals surface area (Å²) in [4.78, 5) is 11.2. The number of aliphatic hydroxyl groups excluding tert-OH is 1. The maximum Gasteiger partial charge on any atom is 0.170 e. The number of hydrogen-bond acceptors (Lipinski definition) is 4. The van der Waals surface area contributed by atoms with Crippen molar-refractivity contribution in [2.45, 2.75) is 12.5 Å². The number of rotatable bonds is 0. The van der Waals surface area contributed by atoms with Gasteiger partial charge in [0.15, 0.2) is 5.78 Å². The Morgan fingerprint density at radius 3 is 2.46 bits per heavy atom. The van der Waals surface area contributed by atoms with Gasteiger partial charge in [-0.05, 0) is 12.1 Å². The van der Waals surface area contributed by atoms with Gasteiger partial charge in [0.25, 0.3) is 0 Å². The highest BCUT2D eigenvalue weighted by Gasteiger charge is 2.32. The number of phenolic OH excluding ortho intramolecular Hbond substituents is 2. The summed E-state index contributed by atoms with van der Waals surface area (Å²) in [6, 6.07) is 2.50. The normalized spacial score (nSPS) is 20.4. The monoisotopic (exact) mass is 180 g/mol. The second kappa shape index (κ2) is 2.47. The molecule has 1 atom stereocenters. The van der Waals surface area contributed by atoms with E-state index in [0.717, 1.165) is 0 Å². The first-order chi connectivity index (χ1) is 6.11. The minimum absolute atomic E-state index is 0.0486. The fourth-order valence-corrected chi connectivity index (χ4v) is 1.61. The molecule has 3 N–H and O–H groups in total. The van der Waals surface area contributed by atoms with Crippen LogP contribution >= 0.6 is 0 Å². The van der Waals surface area contributed by atoms with Crippen LogP contribution in [-0.4, -0.2) is 21.1 Å². The third-order valence-electron chi connectivity index (χ3n) is 2.19. The second-order valence-electron chi connectivity index (χ2n) is 3.04. The summed E-state index contributed by atoms with van der Waals surface area (Å²) < 4.78 is 0. The van der Waals surface area contributed by atoms with Crippen molar-refractivity contribution in [2.75, 3.05) is 0 Å². The number of carbonyl (C=O) groups excluding carboxylic acids is 1.